The van der Waals surface area contributed by atoms with Gasteiger partial charge in [-0.3, -0.25) is 9.59 Å². The van der Waals surface area contributed by atoms with Crippen LogP contribution in [-0.4, -0.2) is 36.1 Å². The molecule has 0 aromatic heterocycles. The van der Waals surface area contributed by atoms with Crippen molar-refractivity contribution in [3.8, 4) is 0 Å². The third-order valence-electron chi connectivity index (χ3n) is 2.52. The van der Waals surface area contributed by atoms with Gasteiger partial charge in [0.2, 0.25) is 11.8 Å². The average Bonchev–Trinajstić information content (AvgIpc) is 2.22. The third-order valence-corrected chi connectivity index (χ3v) is 2.52. The predicted molar refractivity (Wildman–Crippen MR) is 71.0 cm³/mol. The molecule has 18 heavy (non-hydrogen) atoms. The molecular weight excluding hydrogens is 232 g/mol. The van der Waals surface area contributed by atoms with Gasteiger partial charge in [-0.25, -0.2) is 0 Å². The lowest BCUT2D eigenvalue weighted by molar-refractivity contribution is -0.128. The Balaban J connectivity index is 3.67. The molecule has 0 aliphatic heterocycles. The van der Waals surface area contributed by atoms with Crippen LogP contribution in [0.2, 0.25) is 0 Å². The molecule has 1 atom stereocenters. The van der Waals surface area contributed by atoms with Crippen molar-refractivity contribution in [2.45, 2.75) is 53.0 Å². The summed E-state index contributed by atoms with van der Waals surface area (Å²) in [6, 6.07) is -0.00772. The van der Waals surface area contributed by atoms with E-state index >= 15 is 0 Å². The monoisotopic (exact) mass is 258 g/mol. The highest BCUT2D eigenvalue weighted by atomic mass is 16.3. The lowest BCUT2D eigenvalue weighted by Crippen LogP contribution is -2.36. The Morgan fingerprint density at radius 1 is 1.28 bits per heavy atom. The highest BCUT2D eigenvalue weighted by Gasteiger charge is 2.20. The quantitative estimate of drug-likeness (QED) is 0.591. The zero-order chi connectivity index (χ0) is 14.2. The smallest absolute Gasteiger partial charge is 0.225 e. The van der Waals surface area contributed by atoms with Gasteiger partial charge in [0.1, 0.15) is 0 Å². The highest BCUT2D eigenvalue weighted by molar-refractivity contribution is 5.81. The molecule has 0 radical (unpaired) electrons. The summed E-state index contributed by atoms with van der Waals surface area (Å²) in [6.45, 7) is 8.00. The van der Waals surface area contributed by atoms with Crippen LogP contribution in [0.1, 0.15) is 47.0 Å². The molecule has 106 valence electrons. The predicted octanol–water partition coefficient (Wildman–Crippen LogP) is 0.816. The Morgan fingerprint density at radius 3 is 2.39 bits per heavy atom. The maximum absolute atomic E-state index is 11.5. The van der Waals surface area contributed by atoms with E-state index in [4.69, 9.17) is 5.11 Å². The van der Waals surface area contributed by atoms with Gasteiger partial charge < -0.3 is 15.7 Å². The SMILES string of the molecule is CC(CCO)NC(=O)CCCNC(=O)C(C)(C)C. The molecule has 0 bridgehead atoms. The van der Waals surface area contributed by atoms with Gasteiger partial charge in [-0.15, -0.1) is 0 Å². The summed E-state index contributed by atoms with van der Waals surface area (Å²) in [4.78, 5) is 23.0. The molecule has 0 aliphatic rings. The fourth-order valence-electron chi connectivity index (χ4n) is 1.33. The van der Waals surface area contributed by atoms with Crippen molar-refractivity contribution >= 4 is 11.8 Å². The van der Waals surface area contributed by atoms with Crippen molar-refractivity contribution < 1.29 is 14.7 Å². The van der Waals surface area contributed by atoms with E-state index in [0.717, 1.165) is 0 Å². The topological polar surface area (TPSA) is 78.4 Å². The summed E-state index contributed by atoms with van der Waals surface area (Å²) in [5, 5.41) is 14.3. The second kappa shape index (κ2) is 8.08. The highest BCUT2D eigenvalue weighted by Crippen LogP contribution is 2.12. The average molecular weight is 258 g/mol. The molecule has 0 heterocycles. The van der Waals surface area contributed by atoms with Crippen molar-refractivity contribution in [3.63, 3.8) is 0 Å². The van der Waals surface area contributed by atoms with E-state index in [-0.39, 0.29) is 24.5 Å². The Bertz CT molecular complexity index is 272. The molecule has 2 amide bonds. The largest absolute Gasteiger partial charge is 0.396 e. The first-order chi connectivity index (χ1) is 8.27. The van der Waals surface area contributed by atoms with Gasteiger partial charge in [0, 0.05) is 31.0 Å². The third kappa shape index (κ3) is 8.06. The van der Waals surface area contributed by atoms with Crippen molar-refractivity contribution in [2.24, 2.45) is 5.41 Å². The molecule has 0 spiro atoms. The van der Waals surface area contributed by atoms with Crippen LogP contribution in [0, 0.1) is 5.41 Å². The van der Waals surface area contributed by atoms with Crippen LogP contribution >= 0.6 is 0 Å². The van der Waals surface area contributed by atoms with Crippen molar-refractivity contribution in [2.75, 3.05) is 13.2 Å². The maximum Gasteiger partial charge on any atom is 0.225 e. The van der Waals surface area contributed by atoms with Gasteiger partial charge in [0.15, 0.2) is 0 Å². The standard InChI is InChI=1S/C13H26N2O3/c1-10(7-9-16)15-11(17)6-5-8-14-12(18)13(2,3)4/h10,16H,5-9H2,1-4H3,(H,14,18)(H,15,17). The number of aliphatic hydroxyl groups is 1. The summed E-state index contributed by atoms with van der Waals surface area (Å²) in [6.07, 6.45) is 1.58. The first kappa shape index (κ1) is 16.9. The molecule has 0 saturated carbocycles. The lowest BCUT2D eigenvalue weighted by Gasteiger charge is -2.17. The van der Waals surface area contributed by atoms with E-state index in [2.05, 4.69) is 10.6 Å². The number of aliphatic hydroxyl groups excluding tert-OH is 1. The van der Waals surface area contributed by atoms with E-state index in [1.165, 1.54) is 0 Å². The Morgan fingerprint density at radius 2 is 1.89 bits per heavy atom. The van der Waals surface area contributed by atoms with Crippen molar-refractivity contribution in [1.82, 2.24) is 10.6 Å². The Labute approximate surface area is 109 Å². The summed E-state index contributed by atoms with van der Waals surface area (Å²) in [5.41, 5.74) is -0.391. The van der Waals surface area contributed by atoms with Crippen LogP contribution < -0.4 is 10.6 Å². The minimum absolute atomic E-state index is 0.00319. The van der Waals surface area contributed by atoms with Crippen LogP contribution in [-0.2, 0) is 9.59 Å². The molecule has 0 aromatic carbocycles. The van der Waals surface area contributed by atoms with Crippen LogP contribution in [0.4, 0.5) is 0 Å². The Kier molecular flexibility index (Phi) is 7.59. The number of nitrogens with one attached hydrogen (secondary N) is 2. The molecule has 5 nitrogen and oxygen atoms in total. The van der Waals surface area contributed by atoms with Crippen molar-refractivity contribution in [1.29, 1.82) is 0 Å². The fraction of sp³-hybridized carbons (Fsp3) is 0.846. The number of amides is 2. The van der Waals surface area contributed by atoms with Crippen LogP contribution in [0.3, 0.4) is 0 Å². The normalized spacial score (nSPS) is 12.9. The molecule has 0 saturated heterocycles. The number of hydrogen-bond acceptors (Lipinski definition) is 3. The maximum atomic E-state index is 11.5. The van der Waals surface area contributed by atoms with Gasteiger partial charge >= 0.3 is 0 Å². The molecule has 5 heteroatoms. The second-order valence-electron chi connectivity index (χ2n) is 5.59. The van der Waals surface area contributed by atoms with E-state index in [1.54, 1.807) is 0 Å². The zero-order valence-electron chi connectivity index (χ0n) is 11.9. The first-order valence-electron chi connectivity index (χ1n) is 6.46. The first-order valence-corrected chi connectivity index (χ1v) is 6.46. The van der Waals surface area contributed by atoms with Crippen LogP contribution in [0.5, 0.6) is 0 Å². The van der Waals surface area contributed by atoms with Crippen molar-refractivity contribution in [3.05, 3.63) is 0 Å². The number of hydrogen-bond donors (Lipinski definition) is 3. The van der Waals surface area contributed by atoms with Gasteiger partial charge in [0.05, 0.1) is 0 Å². The number of carbonyl (C=O) groups is 2. The lowest BCUT2D eigenvalue weighted by atomic mass is 9.96. The van der Waals surface area contributed by atoms with E-state index in [1.807, 2.05) is 27.7 Å². The summed E-state index contributed by atoms with van der Waals surface area (Å²) >= 11 is 0. The molecular formula is C13H26N2O3. The molecule has 0 aliphatic carbocycles. The van der Waals surface area contributed by atoms with E-state index in [0.29, 0.717) is 25.8 Å². The molecule has 1 unspecified atom stereocenters. The molecule has 0 rings (SSSR count). The van der Waals surface area contributed by atoms with Gasteiger partial charge in [-0.1, -0.05) is 20.8 Å². The van der Waals surface area contributed by atoms with Gasteiger partial charge in [-0.2, -0.15) is 0 Å². The van der Waals surface area contributed by atoms with Gasteiger partial charge in [-0.05, 0) is 19.8 Å². The van der Waals surface area contributed by atoms with E-state index in [9.17, 15) is 9.59 Å². The second-order valence-corrected chi connectivity index (χ2v) is 5.59. The molecule has 0 fully saturated rings. The minimum Gasteiger partial charge on any atom is -0.396 e. The van der Waals surface area contributed by atoms with Gasteiger partial charge in [0.25, 0.3) is 0 Å². The molecule has 3 N–H and O–H groups in total. The van der Waals surface area contributed by atoms with E-state index < -0.39 is 5.41 Å². The molecule has 0 aromatic rings. The van der Waals surface area contributed by atoms with Crippen LogP contribution in [0.25, 0.3) is 0 Å². The summed E-state index contributed by atoms with van der Waals surface area (Å²) in [5.74, 6) is -0.0440. The Hall–Kier alpha value is -1.10. The summed E-state index contributed by atoms with van der Waals surface area (Å²) < 4.78 is 0. The number of carbonyl (C=O) groups excluding carboxylic acids is 2. The zero-order valence-corrected chi connectivity index (χ0v) is 11.9. The minimum atomic E-state index is -0.391. The number of rotatable bonds is 7. The van der Waals surface area contributed by atoms with Crippen LogP contribution in [0.15, 0.2) is 0 Å². The fourth-order valence-corrected chi connectivity index (χ4v) is 1.33. The summed E-state index contributed by atoms with van der Waals surface area (Å²) in [7, 11) is 0.